The van der Waals surface area contributed by atoms with E-state index in [2.05, 4.69) is 0 Å². The van der Waals surface area contributed by atoms with E-state index in [1.165, 1.54) is 0 Å². The number of fused-ring (bicyclic) bond motifs is 1. The van der Waals surface area contributed by atoms with Gasteiger partial charge in [-0.3, -0.25) is 14.9 Å². The summed E-state index contributed by atoms with van der Waals surface area (Å²) in [5.41, 5.74) is -0.301. The molecule has 0 unspecified atom stereocenters. The number of ether oxygens (including phenoxy) is 1. The zero-order valence-electron chi connectivity index (χ0n) is 12.8. The molecule has 0 spiro atoms. The topological polar surface area (TPSA) is 89.7 Å². The molecule has 0 saturated heterocycles. The second kappa shape index (κ2) is 5.40. The Kier molecular flexibility index (Phi) is 4.10. The zero-order chi connectivity index (χ0) is 15.8. The quantitative estimate of drug-likeness (QED) is 0.362. The van der Waals surface area contributed by atoms with Gasteiger partial charge in [0.25, 0.3) is 0 Å². The average Bonchev–Trinajstić information content (AvgIpc) is 2.63. The van der Waals surface area contributed by atoms with Crippen LogP contribution in [-0.2, 0) is 9.53 Å². The van der Waals surface area contributed by atoms with Crippen molar-refractivity contribution in [1.82, 2.24) is 0 Å². The molecule has 0 aromatic carbocycles. The van der Waals surface area contributed by atoms with Crippen LogP contribution in [0.15, 0.2) is 11.6 Å². The molecule has 0 bridgehead atoms. The number of rotatable bonds is 5. The normalized spacial score (nSPS) is 31.1. The highest BCUT2D eigenvalue weighted by Gasteiger charge is 2.59. The molecule has 0 aliphatic heterocycles. The highest BCUT2D eigenvalue weighted by molar-refractivity contribution is 5.71. The lowest BCUT2D eigenvalue weighted by Gasteiger charge is -2.49. The van der Waals surface area contributed by atoms with Crippen LogP contribution in [0.1, 0.15) is 40.0 Å². The molecule has 0 amide bonds. The summed E-state index contributed by atoms with van der Waals surface area (Å²) in [5.74, 6) is -0.0410. The highest BCUT2D eigenvalue weighted by Crippen LogP contribution is 2.59. The molecular formula is C15H23NO5. The monoisotopic (exact) mass is 297 g/mol. The molecule has 0 radical (unpaired) electrons. The minimum absolute atomic E-state index is 0.00597. The number of nitro groups is 1. The minimum Gasteiger partial charge on any atom is -0.460 e. The summed E-state index contributed by atoms with van der Waals surface area (Å²) in [6.07, 6.45) is 3.44. The summed E-state index contributed by atoms with van der Waals surface area (Å²) in [6, 6.07) is 0. The fourth-order valence-electron chi connectivity index (χ4n) is 3.75. The predicted octanol–water partition coefficient (Wildman–Crippen LogP) is 1.94. The van der Waals surface area contributed by atoms with Gasteiger partial charge in [0.2, 0.25) is 6.54 Å². The van der Waals surface area contributed by atoms with Gasteiger partial charge in [0.1, 0.15) is 5.60 Å². The third kappa shape index (κ3) is 3.43. The van der Waals surface area contributed by atoms with Gasteiger partial charge in [-0.05, 0) is 51.0 Å². The predicted molar refractivity (Wildman–Crippen MR) is 76.1 cm³/mol. The van der Waals surface area contributed by atoms with Crippen molar-refractivity contribution in [3.05, 3.63) is 21.8 Å². The second-order valence-corrected chi connectivity index (χ2v) is 7.29. The molecule has 1 saturated carbocycles. The first kappa shape index (κ1) is 15.9. The third-order valence-corrected chi connectivity index (χ3v) is 4.39. The van der Waals surface area contributed by atoms with Gasteiger partial charge in [-0.25, -0.2) is 0 Å². The first-order valence-corrected chi connectivity index (χ1v) is 7.29. The van der Waals surface area contributed by atoms with Crippen molar-refractivity contribution in [2.75, 3.05) is 13.2 Å². The zero-order valence-corrected chi connectivity index (χ0v) is 12.8. The maximum Gasteiger partial charge on any atom is 0.307 e. The van der Waals surface area contributed by atoms with Gasteiger partial charge >= 0.3 is 5.97 Å². The minimum atomic E-state index is -0.645. The number of allylic oxidation sites excluding steroid dienone is 1. The van der Waals surface area contributed by atoms with Crippen LogP contribution in [0.2, 0.25) is 0 Å². The van der Waals surface area contributed by atoms with Crippen molar-refractivity contribution in [3.8, 4) is 0 Å². The average molecular weight is 297 g/mol. The Bertz CT molecular complexity index is 479. The van der Waals surface area contributed by atoms with Gasteiger partial charge < -0.3 is 9.84 Å². The summed E-state index contributed by atoms with van der Waals surface area (Å²) in [4.78, 5) is 22.7. The lowest BCUT2D eigenvalue weighted by molar-refractivity contribution is -0.506. The van der Waals surface area contributed by atoms with E-state index in [1.54, 1.807) is 20.8 Å². The lowest BCUT2D eigenvalue weighted by atomic mass is 9.53. The number of esters is 1. The van der Waals surface area contributed by atoms with Crippen LogP contribution < -0.4 is 0 Å². The lowest BCUT2D eigenvalue weighted by Crippen LogP contribution is -2.51. The number of aliphatic hydroxyl groups excluding tert-OH is 1. The number of hydrogen-bond donors (Lipinski definition) is 1. The Hall–Kier alpha value is -1.43. The Morgan fingerprint density at radius 1 is 1.57 bits per heavy atom. The molecule has 1 N–H and O–H groups in total. The largest absolute Gasteiger partial charge is 0.460 e. The molecule has 6 nitrogen and oxygen atoms in total. The molecule has 0 aromatic rings. The van der Waals surface area contributed by atoms with E-state index in [9.17, 15) is 20.0 Å². The number of carbonyl (C=O) groups is 1. The molecule has 118 valence electrons. The van der Waals surface area contributed by atoms with E-state index in [1.807, 2.05) is 6.08 Å². The molecule has 1 fully saturated rings. The van der Waals surface area contributed by atoms with Gasteiger partial charge in [0.15, 0.2) is 0 Å². The maximum atomic E-state index is 12.1. The summed E-state index contributed by atoms with van der Waals surface area (Å²) < 4.78 is 5.32. The molecule has 3 atom stereocenters. The van der Waals surface area contributed by atoms with Crippen LogP contribution in [0.5, 0.6) is 0 Å². The van der Waals surface area contributed by atoms with Crippen molar-refractivity contribution in [2.24, 2.45) is 17.3 Å². The van der Waals surface area contributed by atoms with Crippen LogP contribution >= 0.6 is 0 Å². The van der Waals surface area contributed by atoms with Gasteiger partial charge in [-0.1, -0.05) is 6.08 Å². The van der Waals surface area contributed by atoms with Crippen LogP contribution in [0.25, 0.3) is 0 Å². The summed E-state index contributed by atoms with van der Waals surface area (Å²) in [6.45, 7) is 5.13. The van der Waals surface area contributed by atoms with Crippen molar-refractivity contribution in [1.29, 1.82) is 0 Å². The van der Waals surface area contributed by atoms with E-state index in [-0.39, 0.29) is 36.4 Å². The molecule has 0 heterocycles. The molecule has 6 heteroatoms. The van der Waals surface area contributed by atoms with Crippen LogP contribution in [0.3, 0.4) is 0 Å². The SMILES string of the molecule is CC(C)(C)OC(=O)C[C@]1(C[N+](=O)[O-])C[C@H]2CC(CO)=C[C@@H]21. The molecule has 2 aliphatic rings. The van der Waals surface area contributed by atoms with E-state index in [0.717, 1.165) is 12.0 Å². The smallest absolute Gasteiger partial charge is 0.307 e. The van der Waals surface area contributed by atoms with Crippen molar-refractivity contribution < 1.29 is 19.6 Å². The van der Waals surface area contributed by atoms with E-state index in [4.69, 9.17) is 4.74 Å². The Labute approximate surface area is 124 Å². The number of aliphatic hydroxyl groups is 1. The standard InChI is InChI=1S/C15H23NO5/c1-14(2,3)21-13(18)7-15(9-16(19)20)6-11-4-10(8-17)5-12(11)15/h5,11-12,17H,4,6-9H2,1-3H3/t11-,12+,15+/m1/s1. The van der Waals surface area contributed by atoms with Crippen molar-refractivity contribution >= 4 is 5.97 Å². The van der Waals surface area contributed by atoms with Crippen LogP contribution in [0, 0.1) is 27.4 Å². The first-order chi connectivity index (χ1) is 9.65. The Morgan fingerprint density at radius 3 is 2.76 bits per heavy atom. The fraction of sp³-hybridized carbons (Fsp3) is 0.800. The van der Waals surface area contributed by atoms with E-state index in [0.29, 0.717) is 12.3 Å². The molecule has 2 rings (SSSR count). The maximum absolute atomic E-state index is 12.1. The highest BCUT2D eigenvalue weighted by atomic mass is 16.6. The number of carbonyl (C=O) groups excluding carboxylic acids is 1. The van der Waals surface area contributed by atoms with Crippen LogP contribution in [0.4, 0.5) is 0 Å². The van der Waals surface area contributed by atoms with Crippen molar-refractivity contribution in [3.63, 3.8) is 0 Å². The number of hydrogen-bond acceptors (Lipinski definition) is 5. The molecule has 2 aliphatic carbocycles. The van der Waals surface area contributed by atoms with Crippen LogP contribution in [-0.4, -0.2) is 34.8 Å². The molecule has 21 heavy (non-hydrogen) atoms. The summed E-state index contributed by atoms with van der Waals surface area (Å²) in [5, 5.41) is 20.2. The Balaban J connectivity index is 2.11. The molecule has 0 aromatic heterocycles. The first-order valence-electron chi connectivity index (χ1n) is 7.29. The van der Waals surface area contributed by atoms with Gasteiger partial charge in [-0.15, -0.1) is 0 Å². The number of nitrogens with zero attached hydrogens (tertiary/aromatic N) is 1. The van der Waals surface area contributed by atoms with Gasteiger partial charge in [0, 0.05) is 4.92 Å². The van der Waals surface area contributed by atoms with E-state index >= 15 is 0 Å². The Morgan fingerprint density at radius 2 is 2.24 bits per heavy atom. The summed E-state index contributed by atoms with van der Waals surface area (Å²) in [7, 11) is 0. The second-order valence-electron chi connectivity index (χ2n) is 7.29. The van der Waals surface area contributed by atoms with Gasteiger partial charge in [-0.2, -0.15) is 0 Å². The van der Waals surface area contributed by atoms with E-state index < -0.39 is 11.0 Å². The van der Waals surface area contributed by atoms with Crippen molar-refractivity contribution in [2.45, 2.75) is 45.6 Å². The van der Waals surface area contributed by atoms with Gasteiger partial charge in [0.05, 0.1) is 18.4 Å². The third-order valence-electron chi connectivity index (χ3n) is 4.39. The fourth-order valence-corrected chi connectivity index (χ4v) is 3.75. The summed E-state index contributed by atoms with van der Waals surface area (Å²) >= 11 is 0. The molecular weight excluding hydrogens is 274 g/mol.